The van der Waals surface area contributed by atoms with Crippen LogP contribution in [0, 0.1) is 0 Å². The van der Waals surface area contributed by atoms with Crippen LogP contribution in [0.1, 0.15) is 16.8 Å². The van der Waals surface area contributed by atoms with Gasteiger partial charge in [-0.2, -0.15) is 0 Å². The highest BCUT2D eigenvalue weighted by molar-refractivity contribution is 7.93. The summed E-state index contributed by atoms with van der Waals surface area (Å²) in [5, 5.41) is 3.21. The minimum atomic E-state index is -3.22. The molecule has 0 saturated carbocycles. The minimum absolute atomic E-state index is 0.165. The molecule has 24 heavy (non-hydrogen) atoms. The smallest absolute Gasteiger partial charge is 0.257 e. The van der Waals surface area contributed by atoms with E-state index >= 15 is 0 Å². The van der Waals surface area contributed by atoms with Gasteiger partial charge in [0.15, 0.2) is 0 Å². The molecule has 8 heteroatoms. The lowest BCUT2D eigenvalue weighted by Gasteiger charge is -2.17. The second-order valence-corrected chi connectivity index (χ2v) is 8.14. The van der Waals surface area contributed by atoms with Gasteiger partial charge >= 0.3 is 0 Å². The number of hydrogen-bond acceptors (Lipinski definition) is 3. The first-order chi connectivity index (χ1) is 11.4. The largest absolute Gasteiger partial charge is 0.322 e. The van der Waals surface area contributed by atoms with Crippen LogP contribution < -0.4 is 9.62 Å². The SMILES string of the molecule is O=C(Nc1ccc(N2CCCS2(=O)=O)cc1)c1cccc(Cl)c1Cl. The number of anilines is 2. The summed E-state index contributed by atoms with van der Waals surface area (Å²) < 4.78 is 25.2. The van der Waals surface area contributed by atoms with E-state index in [1.165, 1.54) is 4.31 Å². The monoisotopic (exact) mass is 384 g/mol. The van der Waals surface area contributed by atoms with Gasteiger partial charge in [-0.1, -0.05) is 29.3 Å². The van der Waals surface area contributed by atoms with Crippen molar-refractivity contribution in [1.82, 2.24) is 0 Å². The number of sulfonamides is 1. The van der Waals surface area contributed by atoms with Crippen LogP contribution in [0.15, 0.2) is 42.5 Å². The topological polar surface area (TPSA) is 66.5 Å². The third-order valence-electron chi connectivity index (χ3n) is 3.71. The fourth-order valence-corrected chi connectivity index (χ4v) is 4.47. The fraction of sp³-hybridized carbons (Fsp3) is 0.188. The van der Waals surface area contributed by atoms with Gasteiger partial charge in [0.25, 0.3) is 5.91 Å². The highest BCUT2D eigenvalue weighted by atomic mass is 35.5. The van der Waals surface area contributed by atoms with E-state index < -0.39 is 10.0 Å². The molecule has 0 atom stereocenters. The Morgan fingerprint density at radius 1 is 1.08 bits per heavy atom. The van der Waals surface area contributed by atoms with Crippen LogP contribution in [0.2, 0.25) is 10.0 Å². The van der Waals surface area contributed by atoms with E-state index in [1.54, 1.807) is 42.5 Å². The van der Waals surface area contributed by atoms with Crippen LogP contribution in [0.3, 0.4) is 0 Å². The number of carbonyl (C=O) groups is 1. The molecule has 1 amide bonds. The molecule has 0 aromatic heterocycles. The average molecular weight is 385 g/mol. The maximum absolute atomic E-state index is 12.3. The summed E-state index contributed by atoms with van der Waals surface area (Å²) in [6, 6.07) is 11.5. The lowest BCUT2D eigenvalue weighted by atomic mass is 10.2. The third-order valence-corrected chi connectivity index (χ3v) is 6.40. The molecule has 1 N–H and O–H groups in total. The molecule has 2 aromatic carbocycles. The number of rotatable bonds is 3. The zero-order chi connectivity index (χ0) is 17.3. The quantitative estimate of drug-likeness (QED) is 0.875. The van der Waals surface area contributed by atoms with Crippen LogP contribution in [0.5, 0.6) is 0 Å². The lowest BCUT2D eigenvalue weighted by molar-refractivity contribution is 0.102. The molecule has 1 heterocycles. The number of benzene rings is 2. The number of halogens is 2. The van der Waals surface area contributed by atoms with Gasteiger partial charge in [0.05, 0.1) is 27.0 Å². The number of carbonyl (C=O) groups excluding carboxylic acids is 1. The molecule has 0 unspecified atom stereocenters. The van der Waals surface area contributed by atoms with E-state index in [4.69, 9.17) is 23.2 Å². The van der Waals surface area contributed by atoms with Crippen LogP contribution in [0.4, 0.5) is 11.4 Å². The van der Waals surface area contributed by atoms with Crippen LogP contribution in [0.25, 0.3) is 0 Å². The van der Waals surface area contributed by atoms with Crippen molar-refractivity contribution in [2.75, 3.05) is 21.9 Å². The van der Waals surface area contributed by atoms with Crippen molar-refractivity contribution in [3.05, 3.63) is 58.1 Å². The Balaban J connectivity index is 1.77. The van der Waals surface area contributed by atoms with Gasteiger partial charge in [0.1, 0.15) is 0 Å². The zero-order valence-corrected chi connectivity index (χ0v) is 14.8. The van der Waals surface area contributed by atoms with E-state index in [-0.39, 0.29) is 22.2 Å². The standard InChI is InChI=1S/C16H14Cl2N2O3S/c17-14-4-1-3-13(15(14)18)16(21)19-11-5-7-12(8-6-11)20-9-2-10-24(20,22)23/h1,3-8H,2,9-10H2,(H,19,21). The highest BCUT2D eigenvalue weighted by Gasteiger charge is 2.28. The normalized spacial score (nSPS) is 16.2. The number of nitrogens with zero attached hydrogens (tertiary/aromatic N) is 1. The van der Waals surface area contributed by atoms with Crippen LogP contribution in [-0.2, 0) is 10.0 Å². The van der Waals surface area contributed by atoms with Crippen molar-refractivity contribution >= 4 is 50.5 Å². The molecule has 0 bridgehead atoms. The van der Waals surface area contributed by atoms with Crippen molar-refractivity contribution in [3.8, 4) is 0 Å². The first-order valence-electron chi connectivity index (χ1n) is 7.24. The Kier molecular flexibility index (Phi) is 4.71. The van der Waals surface area contributed by atoms with Crippen molar-refractivity contribution < 1.29 is 13.2 Å². The summed E-state index contributed by atoms with van der Waals surface area (Å²) in [5.74, 6) is -0.220. The van der Waals surface area contributed by atoms with Crippen molar-refractivity contribution in [2.45, 2.75) is 6.42 Å². The van der Waals surface area contributed by atoms with Gasteiger partial charge in [0, 0.05) is 12.2 Å². The third kappa shape index (κ3) is 3.36. The Hall–Kier alpha value is -1.76. The fourth-order valence-electron chi connectivity index (χ4n) is 2.52. The van der Waals surface area contributed by atoms with E-state index in [0.29, 0.717) is 29.4 Å². The summed E-state index contributed by atoms with van der Waals surface area (Å²) in [4.78, 5) is 12.3. The van der Waals surface area contributed by atoms with Crippen LogP contribution in [-0.4, -0.2) is 26.6 Å². The maximum atomic E-state index is 12.3. The Morgan fingerprint density at radius 2 is 1.79 bits per heavy atom. The molecule has 1 saturated heterocycles. The lowest BCUT2D eigenvalue weighted by Crippen LogP contribution is -2.25. The van der Waals surface area contributed by atoms with Gasteiger partial charge in [0.2, 0.25) is 10.0 Å². The molecule has 2 aromatic rings. The summed E-state index contributed by atoms with van der Waals surface area (Å²) in [7, 11) is -3.22. The molecular weight excluding hydrogens is 371 g/mol. The van der Waals surface area contributed by atoms with E-state index in [2.05, 4.69) is 5.32 Å². The van der Waals surface area contributed by atoms with E-state index in [1.807, 2.05) is 0 Å². The summed E-state index contributed by atoms with van der Waals surface area (Å²) in [5.41, 5.74) is 1.40. The van der Waals surface area contributed by atoms with Crippen LogP contribution >= 0.6 is 23.2 Å². The number of nitrogens with one attached hydrogen (secondary N) is 1. The highest BCUT2D eigenvalue weighted by Crippen LogP contribution is 2.28. The Labute approximate surface area is 150 Å². The van der Waals surface area contributed by atoms with Gasteiger partial charge in [-0.05, 0) is 42.8 Å². The average Bonchev–Trinajstić information content (AvgIpc) is 2.90. The predicted octanol–water partition coefficient (Wildman–Crippen LogP) is 3.79. The van der Waals surface area contributed by atoms with Gasteiger partial charge in [-0.3, -0.25) is 9.10 Å². The number of amides is 1. The minimum Gasteiger partial charge on any atom is -0.322 e. The molecule has 1 aliphatic rings. The van der Waals surface area contributed by atoms with E-state index in [0.717, 1.165) is 0 Å². The van der Waals surface area contributed by atoms with Crippen molar-refractivity contribution in [2.24, 2.45) is 0 Å². The molecule has 0 radical (unpaired) electrons. The Bertz CT molecular complexity index is 883. The van der Waals surface area contributed by atoms with Gasteiger partial charge in [-0.25, -0.2) is 8.42 Å². The van der Waals surface area contributed by atoms with Crippen molar-refractivity contribution in [1.29, 1.82) is 0 Å². The molecule has 1 fully saturated rings. The molecule has 0 spiro atoms. The molecule has 3 rings (SSSR count). The van der Waals surface area contributed by atoms with Crippen molar-refractivity contribution in [3.63, 3.8) is 0 Å². The first kappa shape index (κ1) is 17.1. The summed E-state index contributed by atoms with van der Waals surface area (Å²) in [6.45, 7) is 0.478. The molecule has 126 valence electrons. The zero-order valence-electron chi connectivity index (χ0n) is 12.5. The first-order valence-corrected chi connectivity index (χ1v) is 9.61. The van der Waals surface area contributed by atoms with E-state index in [9.17, 15) is 13.2 Å². The predicted molar refractivity (Wildman–Crippen MR) is 96.6 cm³/mol. The van der Waals surface area contributed by atoms with Gasteiger partial charge in [-0.15, -0.1) is 0 Å². The molecular formula is C16H14Cl2N2O3S. The molecule has 5 nitrogen and oxygen atoms in total. The second-order valence-electron chi connectivity index (χ2n) is 5.34. The number of hydrogen-bond donors (Lipinski definition) is 1. The van der Waals surface area contributed by atoms with Gasteiger partial charge < -0.3 is 5.32 Å². The summed E-state index contributed by atoms with van der Waals surface area (Å²) >= 11 is 11.9. The Morgan fingerprint density at radius 3 is 2.42 bits per heavy atom. The maximum Gasteiger partial charge on any atom is 0.257 e. The molecule has 1 aliphatic heterocycles. The molecule has 0 aliphatic carbocycles. The summed E-state index contributed by atoms with van der Waals surface area (Å²) in [6.07, 6.45) is 0.619. The second kappa shape index (κ2) is 6.63.